The zero-order chi connectivity index (χ0) is 38.2. The lowest BCUT2D eigenvalue weighted by molar-refractivity contribution is 0.487. The fourth-order valence-electron chi connectivity index (χ4n) is 8.77. The molecule has 0 radical (unpaired) electrons. The standard InChI is InChI=1S/C53H32N4O/c1-3-13-34(14-4-1)51-54-52(35-15-5-2-6-16-35)56-53(55-51)43-22-12-24-47-50(43)42-21-11-20-41-39(29-30-48(58-47)49(41)42)33-25-27-38(28-26-33)57-45-23-10-9-19-40(45)44-31-36-17-7-8-18-37(36)32-46(44)57/h1-32H. The molecule has 11 aromatic rings. The first-order chi connectivity index (χ1) is 28.7. The number of hydrogen-bond donors (Lipinski definition) is 0. The first-order valence-corrected chi connectivity index (χ1v) is 19.5. The molecular formula is C53H32N4O. The molecule has 270 valence electrons. The number of fused-ring (bicyclic) bond motifs is 6. The van der Waals surface area contributed by atoms with Gasteiger partial charge in [-0.3, -0.25) is 0 Å². The van der Waals surface area contributed by atoms with Crippen LogP contribution < -0.4 is 4.74 Å². The summed E-state index contributed by atoms with van der Waals surface area (Å²) in [6.07, 6.45) is 0. The van der Waals surface area contributed by atoms with Crippen molar-refractivity contribution in [3.05, 3.63) is 194 Å². The highest BCUT2D eigenvalue weighted by Crippen LogP contribution is 2.51. The van der Waals surface area contributed by atoms with Gasteiger partial charge in [0.05, 0.1) is 11.0 Å². The Kier molecular flexibility index (Phi) is 7.16. The molecule has 0 N–H and O–H groups in total. The molecule has 0 unspecified atom stereocenters. The van der Waals surface area contributed by atoms with E-state index in [2.05, 4.69) is 126 Å². The second kappa shape index (κ2) is 12.8. The molecule has 0 aliphatic carbocycles. The molecule has 0 atom stereocenters. The third-order valence-corrected chi connectivity index (χ3v) is 11.4. The van der Waals surface area contributed by atoms with Gasteiger partial charge in [-0.25, -0.2) is 15.0 Å². The van der Waals surface area contributed by atoms with Gasteiger partial charge in [0.1, 0.15) is 11.5 Å². The fraction of sp³-hybridized carbons (Fsp3) is 0. The van der Waals surface area contributed by atoms with Gasteiger partial charge in [0.25, 0.3) is 0 Å². The normalized spacial score (nSPS) is 11.9. The molecule has 12 rings (SSSR count). The van der Waals surface area contributed by atoms with Crippen LogP contribution in [0.4, 0.5) is 0 Å². The summed E-state index contributed by atoms with van der Waals surface area (Å²) in [4.78, 5) is 15.1. The highest BCUT2D eigenvalue weighted by atomic mass is 16.5. The van der Waals surface area contributed by atoms with Crippen molar-refractivity contribution >= 4 is 43.4 Å². The quantitative estimate of drug-likeness (QED) is 0.176. The number of para-hydroxylation sites is 1. The molecule has 2 aromatic heterocycles. The van der Waals surface area contributed by atoms with Crippen LogP contribution in [0.2, 0.25) is 0 Å². The average molecular weight is 741 g/mol. The Balaban J connectivity index is 0.997. The van der Waals surface area contributed by atoms with Gasteiger partial charge in [0, 0.05) is 44.1 Å². The van der Waals surface area contributed by atoms with Crippen molar-refractivity contribution < 1.29 is 4.74 Å². The summed E-state index contributed by atoms with van der Waals surface area (Å²) in [5.41, 5.74) is 10.6. The molecule has 0 fully saturated rings. The zero-order valence-corrected chi connectivity index (χ0v) is 31.2. The molecule has 0 saturated heterocycles. The Labute approximate surface area is 334 Å². The van der Waals surface area contributed by atoms with E-state index in [1.165, 1.54) is 32.6 Å². The Hall–Kier alpha value is -7.89. The molecule has 0 amide bonds. The summed E-state index contributed by atoms with van der Waals surface area (Å²) in [6, 6.07) is 68.0. The average Bonchev–Trinajstić information content (AvgIpc) is 3.61. The van der Waals surface area contributed by atoms with E-state index >= 15 is 0 Å². The number of ether oxygens (including phenoxy) is 1. The zero-order valence-electron chi connectivity index (χ0n) is 31.2. The molecular weight excluding hydrogens is 709 g/mol. The summed E-state index contributed by atoms with van der Waals surface area (Å²) in [5, 5.41) is 7.18. The Morgan fingerprint density at radius 3 is 1.74 bits per heavy atom. The van der Waals surface area contributed by atoms with Gasteiger partial charge in [0.15, 0.2) is 17.5 Å². The number of hydrogen-bond acceptors (Lipinski definition) is 4. The van der Waals surface area contributed by atoms with E-state index in [1.807, 2.05) is 72.8 Å². The van der Waals surface area contributed by atoms with Crippen LogP contribution in [0.15, 0.2) is 194 Å². The van der Waals surface area contributed by atoms with E-state index in [1.54, 1.807) is 0 Å². The number of nitrogens with zero attached hydrogens (tertiary/aromatic N) is 4. The van der Waals surface area contributed by atoms with Crippen molar-refractivity contribution in [2.24, 2.45) is 0 Å². The van der Waals surface area contributed by atoms with Crippen LogP contribution in [0.1, 0.15) is 0 Å². The highest BCUT2D eigenvalue weighted by Gasteiger charge is 2.26. The summed E-state index contributed by atoms with van der Waals surface area (Å²) in [5.74, 6) is 3.45. The van der Waals surface area contributed by atoms with E-state index in [9.17, 15) is 0 Å². The van der Waals surface area contributed by atoms with Crippen molar-refractivity contribution in [2.75, 3.05) is 0 Å². The lowest BCUT2D eigenvalue weighted by atomic mass is 9.88. The third-order valence-electron chi connectivity index (χ3n) is 11.4. The number of aromatic nitrogens is 4. The molecule has 9 aromatic carbocycles. The summed E-state index contributed by atoms with van der Waals surface area (Å²) < 4.78 is 9.13. The predicted molar refractivity (Wildman–Crippen MR) is 236 cm³/mol. The van der Waals surface area contributed by atoms with Crippen molar-refractivity contribution in [3.8, 4) is 73.6 Å². The van der Waals surface area contributed by atoms with Crippen molar-refractivity contribution in [3.63, 3.8) is 0 Å². The minimum atomic E-state index is 0.596. The minimum Gasteiger partial charge on any atom is -0.456 e. The molecule has 0 bridgehead atoms. The maximum atomic E-state index is 6.74. The Morgan fingerprint density at radius 1 is 0.362 bits per heavy atom. The fourth-order valence-corrected chi connectivity index (χ4v) is 8.77. The number of benzene rings is 9. The van der Waals surface area contributed by atoms with E-state index in [0.717, 1.165) is 66.9 Å². The highest BCUT2D eigenvalue weighted by molar-refractivity contribution is 6.14. The maximum absolute atomic E-state index is 6.74. The molecule has 3 heterocycles. The van der Waals surface area contributed by atoms with Crippen molar-refractivity contribution in [1.29, 1.82) is 0 Å². The van der Waals surface area contributed by atoms with E-state index in [-0.39, 0.29) is 0 Å². The van der Waals surface area contributed by atoms with Gasteiger partial charge < -0.3 is 9.30 Å². The SMILES string of the molecule is c1ccc(-c2nc(-c3ccccc3)nc(-c3cccc4c3-c3cccc5c(-c6ccc(-n7c8ccccc8c8cc9ccccc9cc87)cc6)ccc(c35)O4)n2)cc1. The molecule has 5 heteroatoms. The van der Waals surface area contributed by atoms with Crippen molar-refractivity contribution in [2.45, 2.75) is 0 Å². The van der Waals surface area contributed by atoms with Crippen LogP contribution in [-0.2, 0) is 0 Å². The van der Waals surface area contributed by atoms with E-state index in [4.69, 9.17) is 19.7 Å². The molecule has 1 aliphatic rings. The second-order valence-corrected chi connectivity index (χ2v) is 14.8. The minimum absolute atomic E-state index is 0.596. The topological polar surface area (TPSA) is 52.8 Å². The van der Waals surface area contributed by atoms with Crippen LogP contribution in [0.25, 0.3) is 105 Å². The summed E-state index contributed by atoms with van der Waals surface area (Å²) >= 11 is 0. The van der Waals surface area contributed by atoms with E-state index in [0.29, 0.717) is 17.5 Å². The largest absolute Gasteiger partial charge is 0.456 e. The lowest BCUT2D eigenvalue weighted by Gasteiger charge is -2.24. The third kappa shape index (κ3) is 5.07. The first-order valence-electron chi connectivity index (χ1n) is 19.5. The Bertz CT molecular complexity index is 3350. The van der Waals surface area contributed by atoms with Crippen LogP contribution in [0, 0.1) is 0 Å². The van der Waals surface area contributed by atoms with Crippen LogP contribution in [0.5, 0.6) is 11.5 Å². The summed E-state index contributed by atoms with van der Waals surface area (Å²) in [7, 11) is 0. The van der Waals surface area contributed by atoms with Gasteiger partial charge in [-0.1, -0.05) is 152 Å². The monoisotopic (exact) mass is 740 g/mol. The molecule has 5 nitrogen and oxygen atoms in total. The van der Waals surface area contributed by atoms with Gasteiger partial charge in [-0.15, -0.1) is 0 Å². The Morgan fingerprint density at radius 2 is 0.983 bits per heavy atom. The van der Waals surface area contributed by atoms with Gasteiger partial charge in [0.2, 0.25) is 0 Å². The molecule has 0 spiro atoms. The lowest BCUT2D eigenvalue weighted by Crippen LogP contribution is -2.03. The smallest absolute Gasteiger partial charge is 0.164 e. The van der Waals surface area contributed by atoms with Gasteiger partial charge in [-0.2, -0.15) is 0 Å². The van der Waals surface area contributed by atoms with Crippen LogP contribution in [-0.4, -0.2) is 19.5 Å². The van der Waals surface area contributed by atoms with Gasteiger partial charge in [-0.05, 0) is 75.3 Å². The second-order valence-electron chi connectivity index (χ2n) is 14.8. The van der Waals surface area contributed by atoms with E-state index < -0.39 is 0 Å². The number of rotatable bonds is 5. The van der Waals surface area contributed by atoms with Crippen molar-refractivity contribution in [1.82, 2.24) is 19.5 Å². The van der Waals surface area contributed by atoms with Crippen LogP contribution >= 0.6 is 0 Å². The van der Waals surface area contributed by atoms with Crippen LogP contribution in [0.3, 0.4) is 0 Å². The summed E-state index contributed by atoms with van der Waals surface area (Å²) in [6.45, 7) is 0. The molecule has 0 saturated carbocycles. The maximum Gasteiger partial charge on any atom is 0.164 e. The predicted octanol–water partition coefficient (Wildman–Crippen LogP) is 13.7. The first kappa shape index (κ1) is 32.4. The molecule has 58 heavy (non-hydrogen) atoms. The molecule has 1 aliphatic heterocycles. The van der Waals surface area contributed by atoms with Gasteiger partial charge >= 0.3 is 0 Å².